The van der Waals surface area contributed by atoms with Crippen LogP contribution in [0.1, 0.15) is 23.6 Å². The van der Waals surface area contributed by atoms with Crippen molar-refractivity contribution in [3.05, 3.63) is 29.3 Å². The Hall–Kier alpha value is -0.800. The van der Waals surface area contributed by atoms with Crippen LogP contribution in [0, 0.1) is 6.92 Å². The van der Waals surface area contributed by atoms with Crippen molar-refractivity contribution in [2.24, 2.45) is 5.73 Å². The number of halogens is 2. The quantitative estimate of drug-likeness (QED) is 0.821. The summed E-state index contributed by atoms with van der Waals surface area (Å²) in [4.78, 5) is 0. The molecule has 0 saturated heterocycles. The van der Waals surface area contributed by atoms with Crippen molar-refractivity contribution in [2.45, 2.75) is 19.4 Å². The van der Waals surface area contributed by atoms with E-state index in [0.717, 1.165) is 5.56 Å². The molecule has 1 rings (SSSR count). The van der Waals surface area contributed by atoms with Crippen LogP contribution in [0.5, 0.6) is 5.75 Å². The van der Waals surface area contributed by atoms with Gasteiger partial charge >= 0.3 is 0 Å². The Morgan fingerprint density at radius 2 is 2.14 bits per heavy atom. The van der Waals surface area contributed by atoms with E-state index in [-0.39, 0.29) is 24.6 Å². The average molecular weight is 220 g/mol. The Morgan fingerprint density at radius 3 is 2.71 bits per heavy atom. The SMILES string of the molecule is Cc1cccc([C@@H](N)CCF)c1O.Cl. The molecular weight excluding hydrogens is 205 g/mol. The fourth-order valence-electron chi connectivity index (χ4n) is 1.25. The molecule has 0 heterocycles. The Labute approximate surface area is 89.3 Å². The van der Waals surface area contributed by atoms with Gasteiger partial charge < -0.3 is 10.8 Å². The minimum atomic E-state index is -0.464. The number of hydrogen-bond donors (Lipinski definition) is 2. The summed E-state index contributed by atoms with van der Waals surface area (Å²) < 4.78 is 12.0. The van der Waals surface area contributed by atoms with E-state index in [2.05, 4.69) is 0 Å². The standard InChI is InChI=1S/C10H14FNO.ClH/c1-7-3-2-4-8(10(7)13)9(12)5-6-11;/h2-4,9,13H,5-6,12H2,1H3;1H/t9-;/m0./s1. The molecule has 0 aliphatic carbocycles. The van der Waals surface area contributed by atoms with Crippen LogP contribution in [0.25, 0.3) is 0 Å². The Kier molecular flexibility index (Phi) is 5.50. The lowest BCUT2D eigenvalue weighted by Crippen LogP contribution is -2.11. The summed E-state index contributed by atoms with van der Waals surface area (Å²) in [6.45, 7) is 1.33. The van der Waals surface area contributed by atoms with E-state index < -0.39 is 12.7 Å². The molecule has 0 spiro atoms. The van der Waals surface area contributed by atoms with Crippen LogP contribution in [-0.2, 0) is 0 Å². The van der Waals surface area contributed by atoms with Gasteiger partial charge in [0.1, 0.15) is 5.75 Å². The van der Waals surface area contributed by atoms with E-state index in [9.17, 15) is 9.50 Å². The molecule has 0 aliphatic heterocycles. The number of alkyl halides is 1. The lowest BCUT2D eigenvalue weighted by molar-refractivity contribution is 0.423. The number of phenols is 1. The molecule has 0 amide bonds. The largest absolute Gasteiger partial charge is 0.507 e. The van der Waals surface area contributed by atoms with Gasteiger partial charge in [-0.3, -0.25) is 4.39 Å². The molecule has 0 radical (unpaired) electrons. The van der Waals surface area contributed by atoms with Gasteiger partial charge in [-0.15, -0.1) is 12.4 Å². The molecule has 0 saturated carbocycles. The average Bonchev–Trinajstić information content (AvgIpc) is 2.10. The van der Waals surface area contributed by atoms with Crippen molar-refractivity contribution in [2.75, 3.05) is 6.67 Å². The Balaban J connectivity index is 0.00000169. The first kappa shape index (κ1) is 13.2. The van der Waals surface area contributed by atoms with E-state index in [0.29, 0.717) is 5.56 Å². The molecule has 80 valence electrons. The van der Waals surface area contributed by atoms with E-state index in [4.69, 9.17) is 5.73 Å². The predicted octanol–water partition coefficient (Wildman–Crippen LogP) is 2.48. The molecule has 1 aromatic carbocycles. The zero-order valence-electron chi connectivity index (χ0n) is 8.03. The van der Waals surface area contributed by atoms with Crippen LogP contribution >= 0.6 is 12.4 Å². The van der Waals surface area contributed by atoms with Gasteiger partial charge in [0, 0.05) is 11.6 Å². The first-order valence-corrected chi connectivity index (χ1v) is 4.27. The number of aromatic hydroxyl groups is 1. The smallest absolute Gasteiger partial charge is 0.123 e. The number of aryl methyl sites for hydroxylation is 1. The van der Waals surface area contributed by atoms with Crippen molar-refractivity contribution < 1.29 is 9.50 Å². The van der Waals surface area contributed by atoms with Crippen molar-refractivity contribution in [3.63, 3.8) is 0 Å². The van der Waals surface area contributed by atoms with Gasteiger partial charge in [0.05, 0.1) is 6.67 Å². The number of para-hydroxylation sites is 1. The third kappa shape index (κ3) is 2.86. The number of benzene rings is 1. The molecule has 0 aliphatic rings. The van der Waals surface area contributed by atoms with E-state index in [1.54, 1.807) is 19.1 Å². The fourth-order valence-corrected chi connectivity index (χ4v) is 1.25. The second-order valence-electron chi connectivity index (χ2n) is 3.10. The first-order valence-electron chi connectivity index (χ1n) is 4.27. The summed E-state index contributed by atoms with van der Waals surface area (Å²) in [6.07, 6.45) is 0.247. The summed E-state index contributed by atoms with van der Waals surface area (Å²) in [7, 11) is 0. The normalized spacial score (nSPS) is 11.9. The molecule has 1 atom stereocenters. The molecule has 0 aromatic heterocycles. The summed E-state index contributed by atoms with van der Waals surface area (Å²) in [6, 6.07) is 4.91. The lowest BCUT2D eigenvalue weighted by atomic mass is 10.0. The Morgan fingerprint density at radius 1 is 1.50 bits per heavy atom. The third-order valence-corrected chi connectivity index (χ3v) is 2.09. The molecule has 0 fully saturated rings. The molecule has 14 heavy (non-hydrogen) atoms. The summed E-state index contributed by atoms with van der Waals surface area (Å²) >= 11 is 0. The maximum absolute atomic E-state index is 12.0. The second-order valence-corrected chi connectivity index (χ2v) is 3.10. The van der Waals surface area contributed by atoms with Crippen LogP contribution in [0.2, 0.25) is 0 Å². The van der Waals surface area contributed by atoms with E-state index >= 15 is 0 Å². The number of phenolic OH excluding ortho intramolecular Hbond substituents is 1. The maximum atomic E-state index is 12.0. The molecular formula is C10H15ClFNO. The minimum Gasteiger partial charge on any atom is -0.507 e. The number of rotatable bonds is 3. The monoisotopic (exact) mass is 219 g/mol. The van der Waals surface area contributed by atoms with Crippen LogP contribution in [0.3, 0.4) is 0 Å². The zero-order chi connectivity index (χ0) is 9.84. The lowest BCUT2D eigenvalue weighted by Gasteiger charge is -2.12. The second kappa shape index (κ2) is 5.83. The van der Waals surface area contributed by atoms with Crippen LogP contribution in [0.15, 0.2) is 18.2 Å². The van der Waals surface area contributed by atoms with Crippen molar-refractivity contribution >= 4 is 12.4 Å². The highest BCUT2D eigenvalue weighted by Gasteiger charge is 2.11. The maximum Gasteiger partial charge on any atom is 0.123 e. The van der Waals surface area contributed by atoms with Gasteiger partial charge in [-0.05, 0) is 18.9 Å². The number of nitrogens with two attached hydrogens (primary N) is 1. The van der Waals surface area contributed by atoms with Gasteiger partial charge in [0.25, 0.3) is 0 Å². The molecule has 0 unspecified atom stereocenters. The van der Waals surface area contributed by atoms with Gasteiger partial charge in [-0.25, -0.2) is 0 Å². The summed E-state index contributed by atoms with van der Waals surface area (Å²) in [5, 5.41) is 9.59. The van der Waals surface area contributed by atoms with Crippen molar-refractivity contribution in [1.82, 2.24) is 0 Å². The van der Waals surface area contributed by atoms with E-state index in [1.165, 1.54) is 0 Å². The van der Waals surface area contributed by atoms with Crippen molar-refractivity contribution in [1.29, 1.82) is 0 Å². The van der Waals surface area contributed by atoms with E-state index in [1.807, 2.05) is 6.07 Å². The highest BCUT2D eigenvalue weighted by Crippen LogP contribution is 2.27. The molecule has 2 nitrogen and oxygen atoms in total. The predicted molar refractivity (Wildman–Crippen MR) is 57.6 cm³/mol. The molecule has 4 heteroatoms. The number of hydrogen-bond acceptors (Lipinski definition) is 2. The zero-order valence-corrected chi connectivity index (χ0v) is 8.85. The molecule has 3 N–H and O–H groups in total. The highest BCUT2D eigenvalue weighted by molar-refractivity contribution is 5.85. The van der Waals surface area contributed by atoms with Gasteiger partial charge in [-0.1, -0.05) is 18.2 Å². The van der Waals surface area contributed by atoms with Gasteiger partial charge in [0.2, 0.25) is 0 Å². The minimum absolute atomic E-state index is 0. The summed E-state index contributed by atoms with van der Waals surface area (Å²) in [5.41, 5.74) is 7.07. The van der Waals surface area contributed by atoms with Crippen LogP contribution < -0.4 is 5.73 Å². The van der Waals surface area contributed by atoms with Crippen LogP contribution in [0.4, 0.5) is 4.39 Å². The van der Waals surface area contributed by atoms with Crippen molar-refractivity contribution in [3.8, 4) is 5.75 Å². The van der Waals surface area contributed by atoms with Gasteiger partial charge in [0.15, 0.2) is 0 Å². The Bertz CT molecular complexity index is 293. The fraction of sp³-hybridized carbons (Fsp3) is 0.400. The molecule has 1 aromatic rings. The third-order valence-electron chi connectivity index (χ3n) is 2.09. The van der Waals surface area contributed by atoms with Gasteiger partial charge in [-0.2, -0.15) is 0 Å². The topological polar surface area (TPSA) is 46.2 Å². The molecule has 0 bridgehead atoms. The first-order chi connectivity index (χ1) is 6.16. The van der Waals surface area contributed by atoms with Crippen LogP contribution in [-0.4, -0.2) is 11.8 Å². The highest BCUT2D eigenvalue weighted by atomic mass is 35.5. The summed E-state index contributed by atoms with van der Waals surface area (Å²) in [5.74, 6) is 0.184.